The van der Waals surface area contributed by atoms with E-state index in [1.54, 1.807) is 0 Å². The Bertz CT molecular complexity index is 373. The third kappa shape index (κ3) is 5.82. The maximum absolute atomic E-state index is 11.8. The maximum Gasteiger partial charge on any atom is 0.237 e. The summed E-state index contributed by atoms with van der Waals surface area (Å²) in [5, 5.41) is 2.92. The largest absolute Gasteiger partial charge is 0.352 e. The minimum absolute atomic E-state index is 0.0384. The van der Waals surface area contributed by atoms with Crippen LogP contribution >= 0.6 is 0 Å². The van der Waals surface area contributed by atoms with Crippen LogP contribution in [0.4, 0.5) is 0 Å². The summed E-state index contributed by atoms with van der Waals surface area (Å²) >= 11 is 0. The number of hydrogen-bond acceptors (Lipinski definition) is 4. The predicted molar refractivity (Wildman–Crippen MR) is 71.9 cm³/mol. The quantitative estimate of drug-likeness (QED) is 0.762. The van der Waals surface area contributed by atoms with E-state index in [1.807, 2.05) is 0 Å². The van der Waals surface area contributed by atoms with Crippen molar-refractivity contribution < 1.29 is 13.2 Å². The van der Waals surface area contributed by atoms with Crippen molar-refractivity contribution in [1.82, 2.24) is 5.32 Å². The van der Waals surface area contributed by atoms with E-state index in [1.165, 1.54) is 0 Å². The minimum atomic E-state index is -3.05. The Labute approximate surface area is 109 Å². The van der Waals surface area contributed by atoms with Gasteiger partial charge < -0.3 is 11.1 Å². The number of carbonyl (C=O) groups is 1. The zero-order chi connectivity index (χ0) is 13.8. The normalized spacial score (nSPS) is 26.6. The van der Waals surface area contributed by atoms with Gasteiger partial charge in [0, 0.05) is 12.3 Å². The predicted octanol–water partition coefficient (Wildman–Crippen LogP) is 0.443. The average Bonchev–Trinajstić information content (AvgIpc) is 2.28. The first kappa shape index (κ1) is 15.4. The van der Waals surface area contributed by atoms with Crippen LogP contribution in [0.2, 0.25) is 0 Å². The molecule has 0 heterocycles. The van der Waals surface area contributed by atoms with Gasteiger partial charge in [-0.15, -0.1) is 0 Å². The summed E-state index contributed by atoms with van der Waals surface area (Å²) in [5.74, 6) is 0.471. The highest BCUT2D eigenvalue weighted by Crippen LogP contribution is 2.23. The van der Waals surface area contributed by atoms with Crippen molar-refractivity contribution in [3.8, 4) is 0 Å². The van der Waals surface area contributed by atoms with Crippen LogP contribution in [0.15, 0.2) is 0 Å². The lowest BCUT2D eigenvalue weighted by Gasteiger charge is -2.27. The molecule has 1 atom stereocenters. The molecule has 1 aliphatic carbocycles. The lowest BCUT2D eigenvalue weighted by atomic mass is 9.87. The summed E-state index contributed by atoms with van der Waals surface area (Å²) < 4.78 is 22.0. The van der Waals surface area contributed by atoms with Gasteiger partial charge in [0.15, 0.2) is 0 Å². The molecule has 3 N–H and O–H groups in total. The molecule has 1 rings (SSSR count). The third-order valence-electron chi connectivity index (χ3n) is 3.50. The number of sulfone groups is 1. The molecule has 1 unspecified atom stereocenters. The van der Waals surface area contributed by atoms with Gasteiger partial charge in [-0.3, -0.25) is 4.79 Å². The first-order chi connectivity index (χ1) is 8.28. The average molecular weight is 276 g/mol. The highest BCUT2D eigenvalue weighted by molar-refractivity contribution is 7.90. The number of carbonyl (C=O) groups excluding carboxylic acids is 1. The van der Waals surface area contributed by atoms with Gasteiger partial charge in [0.2, 0.25) is 5.91 Å². The summed E-state index contributed by atoms with van der Waals surface area (Å²) in [6, 6.07) is -0.517. The van der Waals surface area contributed by atoms with Crippen LogP contribution in [0.25, 0.3) is 0 Å². The minimum Gasteiger partial charge on any atom is -0.352 e. The fraction of sp³-hybridized carbons (Fsp3) is 0.917. The van der Waals surface area contributed by atoms with Gasteiger partial charge in [-0.05, 0) is 38.0 Å². The number of rotatable bonds is 5. The van der Waals surface area contributed by atoms with Crippen molar-refractivity contribution in [2.75, 3.05) is 12.0 Å². The second-order valence-electron chi connectivity index (χ2n) is 5.49. The smallest absolute Gasteiger partial charge is 0.237 e. The number of hydrogen-bond donors (Lipinski definition) is 2. The Kier molecular flexibility index (Phi) is 5.59. The molecule has 18 heavy (non-hydrogen) atoms. The molecule has 0 bridgehead atoms. The Hall–Kier alpha value is -0.620. The molecule has 1 aliphatic rings. The second kappa shape index (κ2) is 6.52. The van der Waals surface area contributed by atoms with Crippen molar-refractivity contribution >= 4 is 15.7 Å². The Balaban J connectivity index is 2.31. The number of amides is 1. The van der Waals surface area contributed by atoms with E-state index in [2.05, 4.69) is 12.2 Å². The summed E-state index contributed by atoms with van der Waals surface area (Å²) in [5.41, 5.74) is 5.69. The fourth-order valence-corrected chi connectivity index (χ4v) is 2.87. The van der Waals surface area contributed by atoms with Crippen molar-refractivity contribution in [3.05, 3.63) is 0 Å². The molecule has 106 valence electrons. The number of nitrogens with one attached hydrogen (secondary N) is 1. The topological polar surface area (TPSA) is 89.3 Å². The van der Waals surface area contributed by atoms with Gasteiger partial charge in [0.1, 0.15) is 9.84 Å². The highest BCUT2D eigenvalue weighted by Gasteiger charge is 2.22. The van der Waals surface area contributed by atoms with E-state index < -0.39 is 15.9 Å². The third-order valence-corrected chi connectivity index (χ3v) is 4.48. The van der Waals surface area contributed by atoms with Gasteiger partial charge in [-0.2, -0.15) is 0 Å². The van der Waals surface area contributed by atoms with Crippen molar-refractivity contribution in [3.63, 3.8) is 0 Å². The molecule has 0 saturated heterocycles. The van der Waals surface area contributed by atoms with Gasteiger partial charge in [-0.1, -0.05) is 6.92 Å². The molecule has 0 radical (unpaired) electrons. The molecule has 5 nitrogen and oxygen atoms in total. The SMILES string of the molecule is CC1CCC(NC(=O)C(N)CCS(C)(=O)=O)CC1. The molecule has 1 fully saturated rings. The molecule has 0 aromatic heterocycles. The number of nitrogens with two attached hydrogens (primary N) is 1. The van der Waals surface area contributed by atoms with E-state index in [0.29, 0.717) is 0 Å². The van der Waals surface area contributed by atoms with Crippen molar-refractivity contribution in [2.24, 2.45) is 11.7 Å². The molecule has 1 amide bonds. The maximum atomic E-state index is 11.8. The fourth-order valence-electron chi connectivity index (χ4n) is 2.18. The van der Waals surface area contributed by atoms with E-state index in [0.717, 1.165) is 37.9 Å². The van der Waals surface area contributed by atoms with Crippen LogP contribution in [-0.2, 0) is 14.6 Å². The zero-order valence-electron chi connectivity index (χ0n) is 11.2. The van der Waals surface area contributed by atoms with Crippen LogP contribution in [0.3, 0.4) is 0 Å². The van der Waals surface area contributed by atoms with Crippen LogP contribution in [0, 0.1) is 5.92 Å². The highest BCUT2D eigenvalue weighted by atomic mass is 32.2. The van der Waals surface area contributed by atoms with E-state index in [-0.39, 0.29) is 24.1 Å². The summed E-state index contributed by atoms with van der Waals surface area (Å²) in [4.78, 5) is 11.8. The Morgan fingerprint density at radius 1 is 1.33 bits per heavy atom. The van der Waals surface area contributed by atoms with E-state index >= 15 is 0 Å². The van der Waals surface area contributed by atoms with Gasteiger partial charge >= 0.3 is 0 Å². The Morgan fingerprint density at radius 2 is 1.89 bits per heavy atom. The second-order valence-corrected chi connectivity index (χ2v) is 7.75. The molecule has 0 aliphatic heterocycles. The summed E-state index contributed by atoms with van der Waals surface area (Å²) in [6.45, 7) is 2.22. The first-order valence-corrected chi connectivity index (χ1v) is 8.57. The molecule has 0 aromatic carbocycles. The van der Waals surface area contributed by atoms with Crippen molar-refractivity contribution in [1.29, 1.82) is 0 Å². The summed E-state index contributed by atoms with van der Waals surface area (Å²) in [6.07, 6.45) is 5.58. The monoisotopic (exact) mass is 276 g/mol. The standard InChI is InChI=1S/C12H24N2O3S/c1-9-3-5-10(6-4-9)14-12(15)11(13)7-8-18(2,16)17/h9-11H,3-8,13H2,1-2H3,(H,14,15). The zero-order valence-corrected chi connectivity index (χ0v) is 12.0. The molecular weight excluding hydrogens is 252 g/mol. The van der Waals surface area contributed by atoms with Crippen LogP contribution in [-0.4, -0.2) is 38.4 Å². The summed E-state index contributed by atoms with van der Waals surface area (Å²) in [7, 11) is -3.05. The molecular formula is C12H24N2O3S. The molecule has 0 aromatic rings. The van der Waals surface area contributed by atoms with Crippen LogP contribution in [0.5, 0.6) is 0 Å². The molecule has 6 heteroatoms. The van der Waals surface area contributed by atoms with Crippen LogP contribution in [0.1, 0.15) is 39.0 Å². The van der Waals surface area contributed by atoms with Crippen molar-refractivity contribution in [2.45, 2.75) is 51.1 Å². The lowest BCUT2D eigenvalue weighted by molar-refractivity contribution is -0.123. The van der Waals surface area contributed by atoms with Gasteiger partial charge in [0.25, 0.3) is 0 Å². The Morgan fingerprint density at radius 3 is 2.39 bits per heavy atom. The first-order valence-electron chi connectivity index (χ1n) is 6.51. The van der Waals surface area contributed by atoms with Gasteiger partial charge in [-0.25, -0.2) is 8.42 Å². The van der Waals surface area contributed by atoms with Gasteiger partial charge in [0.05, 0.1) is 11.8 Å². The van der Waals surface area contributed by atoms with E-state index in [9.17, 15) is 13.2 Å². The molecule has 1 saturated carbocycles. The van der Waals surface area contributed by atoms with Crippen LogP contribution < -0.4 is 11.1 Å². The van der Waals surface area contributed by atoms with E-state index in [4.69, 9.17) is 5.73 Å². The lowest BCUT2D eigenvalue weighted by Crippen LogP contribution is -2.47. The molecule has 0 spiro atoms.